The lowest BCUT2D eigenvalue weighted by atomic mass is 9.91. The third kappa shape index (κ3) is 3.69. The predicted molar refractivity (Wildman–Crippen MR) is 74.0 cm³/mol. The maximum atomic E-state index is 11.9. The molecule has 0 radical (unpaired) electrons. The standard InChI is InChI=1S/C12H18N2OS.ClH/c1-8-6-16-7-11(8)12(15)14-10-4-2-9(13)3-5-10;/h6-7,9-10H,2-5,13H2,1H3,(H,14,15);1H. The van der Waals surface area contributed by atoms with Gasteiger partial charge in [0.2, 0.25) is 0 Å². The Bertz CT molecular complexity index is 372. The second-order valence-electron chi connectivity index (χ2n) is 4.55. The molecule has 5 heteroatoms. The molecule has 17 heavy (non-hydrogen) atoms. The molecule has 0 unspecified atom stereocenters. The summed E-state index contributed by atoms with van der Waals surface area (Å²) in [5.74, 6) is 0.0687. The van der Waals surface area contributed by atoms with Crippen molar-refractivity contribution in [1.29, 1.82) is 0 Å². The van der Waals surface area contributed by atoms with E-state index in [1.165, 1.54) is 0 Å². The van der Waals surface area contributed by atoms with Crippen LogP contribution in [0.4, 0.5) is 0 Å². The maximum Gasteiger partial charge on any atom is 0.252 e. The van der Waals surface area contributed by atoms with Gasteiger partial charge in [0.15, 0.2) is 0 Å². The first-order valence-corrected chi connectivity index (χ1v) is 6.70. The summed E-state index contributed by atoms with van der Waals surface area (Å²) < 4.78 is 0. The van der Waals surface area contributed by atoms with Gasteiger partial charge in [0.1, 0.15) is 0 Å². The van der Waals surface area contributed by atoms with Crippen LogP contribution in [-0.4, -0.2) is 18.0 Å². The zero-order valence-corrected chi connectivity index (χ0v) is 11.6. The summed E-state index contributed by atoms with van der Waals surface area (Å²) in [5.41, 5.74) is 7.72. The third-order valence-electron chi connectivity index (χ3n) is 3.21. The topological polar surface area (TPSA) is 55.1 Å². The number of nitrogens with two attached hydrogens (primary N) is 1. The molecule has 3 N–H and O–H groups in total. The van der Waals surface area contributed by atoms with E-state index in [2.05, 4.69) is 5.32 Å². The van der Waals surface area contributed by atoms with Crippen molar-refractivity contribution in [3.05, 3.63) is 21.9 Å². The van der Waals surface area contributed by atoms with E-state index in [9.17, 15) is 4.79 Å². The number of halogens is 1. The van der Waals surface area contributed by atoms with E-state index in [1.807, 2.05) is 17.7 Å². The second-order valence-corrected chi connectivity index (χ2v) is 5.30. The quantitative estimate of drug-likeness (QED) is 0.871. The van der Waals surface area contributed by atoms with Crippen molar-refractivity contribution in [3.63, 3.8) is 0 Å². The fourth-order valence-corrected chi connectivity index (χ4v) is 2.95. The molecule has 0 spiro atoms. The van der Waals surface area contributed by atoms with E-state index < -0.39 is 0 Å². The number of carbonyl (C=O) groups is 1. The fraction of sp³-hybridized carbons (Fsp3) is 0.583. The van der Waals surface area contributed by atoms with Gasteiger partial charge in [-0.1, -0.05) is 0 Å². The molecule has 1 saturated carbocycles. The van der Waals surface area contributed by atoms with Crippen LogP contribution in [0, 0.1) is 6.92 Å². The Balaban J connectivity index is 0.00000144. The number of rotatable bonds is 2. The van der Waals surface area contributed by atoms with Gasteiger partial charge in [-0.25, -0.2) is 0 Å². The highest BCUT2D eigenvalue weighted by Gasteiger charge is 2.21. The second kappa shape index (κ2) is 6.38. The minimum absolute atomic E-state index is 0. The molecule has 0 aromatic carbocycles. The molecule has 1 aromatic rings. The van der Waals surface area contributed by atoms with Gasteiger partial charge in [0.05, 0.1) is 5.56 Å². The Morgan fingerprint density at radius 2 is 2.00 bits per heavy atom. The lowest BCUT2D eigenvalue weighted by Crippen LogP contribution is -2.40. The van der Waals surface area contributed by atoms with Gasteiger partial charge in [0.25, 0.3) is 5.91 Å². The number of hydrogen-bond donors (Lipinski definition) is 2. The van der Waals surface area contributed by atoms with Crippen molar-refractivity contribution in [2.75, 3.05) is 0 Å². The van der Waals surface area contributed by atoms with Gasteiger partial charge in [-0.3, -0.25) is 4.79 Å². The van der Waals surface area contributed by atoms with Crippen molar-refractivity contribution in [2.45, 2.75) is 44.7 Å². The van der Waals surface area contributed by atoms with Crippen LogP contribution in [0.5, 0.6) is 0 Å². The van der Waals surface area contributed by atoms with Crippen LogP contribution < -0.4 is 11.1 Å². The van der Waals surface area contributed by atoms with Gasteiger partial charge in [-0.15, -0.1) is 12.4 Å². The van der Waals surface area contributed by atoms with Gasteiger partial charge in [0, 0.05) is 17.5 Å². The van der Waals surface area contributed by atoms with Gasteiger partial charge in [-0.05, 0) is 43.6 Å². The van der Waals surface area contributed by atoms with Crippen LogP contribution in [0.15, 0.2) is 10.8 Å². The molecule has 3 nitrogen and oxygen atoms in total. The molecule has 1 aliphatic carbocycles. The first kappa shape index (κ1) is 14.5. The molecular weight excluding hydrogens is 256 g/mol. The highest BCUT2D eigenvalue weighted by atomic mass is 35.5. The zero-order valence-electron chi connectivity index (χ0n) is 9.94. The smallest absolute Gasteiger partial charge is 0.252 e. The summed E-state index contributed by atoms with van der Waals surface area (Å²) in [5, 5.41) is 7.02. The monoisotopic (exact) mass is 274 g/mol. The fourth-order valence-electron chi connectivity index (χ4n) is 2.12. The zero-order chi connectivity index (χ0) is 11.5. The predicted octanol–water partition coefficient (Wildman–Crippen LogP) is 2.48. The van der Waals surface area contributed by atoms with Crippen molar-refractivity contribution < 1.29 is 4.79 Å². The van der Waals surface area contributed by atoms with Crippen LogP contribution >= 0.6 is 23.7 Å². The number of aryl methyl sites for hydroxylation is 1. The van der Waals surface area contributed by atoms with Gasteiger partial charge < -0.3 is 11.1 Å². The summed E-state index contributed by atoms with van der Waals surface area (Å²) in [6.07, 6.45) is 4.06. The van der Waals surface area contributed by atoms with Crippen LogP contribution in [0.2, 0.25) is 0 Å². The van der Waals surface area contributed by atoms with Crippen LogP contribution in [-0.2, 0) is 0 Å². The SMILES string of the molecule is Cc1cscc1C(=O)NC1CCC(N)CC1.Cl. The van der Waals surface area contributed by atoms with E-state index in [4.69, 9.17) is 5.73 Å². The minimum Gasteiger partial charge on any atom is -0.349 e. The van der Waals surface area contributed by atoms with E-state index in [0.717, 1.165) is 36.8 Å². The first-order valence-electron chi connectivity index (χ1n) is 5.76. The Kier molecular flexibility index (Phi) is 5.43. The van der Waals surface area contributed by atoms with Crippen LogP contribution in [0.25, 0.3) is 0 Å². The van der Waals surface area contributed by atoms with Gasteiger partial charge in [-0.2, -0.15) is 11.3 Å². The Labute approximate surface area is 112 Å². The van der Waals surface area contributed by atoms with E-state index in [1.54, 1.807) is 11.3 Å². The lowest BCUT2D eigenvalue weighted by Gasteiger charge is -2.26. The van der Waals surface area contributed by atoms with Crippen molar-refractivity contribution in [1.82, 2.24) is 5.32 Å². The first-order chi connectivity index (χ1) is 7.66. The molecular formula is C12H19ClN2OS. The minimum atomic E-state index is 0. The summed E-state index contributed by atoms with van der Waals surface area (Å²) in [7, 11) is 0. The number of amides is 1. The summed E-state index contributed by atoms with van der Waals surface area (Å²) >= 11 is 1.58. The third-order valence-corrected chi connectivity index (χ3v) is 4.07. The molecule has 96 valence electrons. The Morgan fingerprint density at radius 3 is 2.53 bits per heavy atom. The Hall–Kier alpha value is -0.580. The molecule has 0 aliphatic heterocycles. The highest BCUT2D eigenvalue weighted by Crippen LogP contribution is 2.19. The lowest BCUT2D eigenvalue weighted by molar-refractivity contribution is 0.0926. The van der Waals surface area contributed by atoms with Gasteiger partial charge >= 0.3 is 0 Å². The van der Waals surface area contributed by atoms with E-state index >= 15 is 0 Å². The molecule has 1 aliphatic rings. The number of nitrogens with one attached hydrogen (secondary N) is 1. The maximum absolute atomic E-state index is 11.9. The summed E-state index contributed by atoms with van der Waals surface area (Å²) in [6, 6.07) is 0.641. The number of carbonyl (C=O) groups excluding carboxylic acids is 1. The average molecular weight is 275 g/mol. The highest BCUT2D eigenvalue weighted by molar-refractivity contribution is 7.08. The molecule has 1 heterocycles. The molecule has 2 rings (SSSR count). The number of thiophene rings is 1. The summed E-state index contributed by atoms with van der Waals surface area (Å²) in [4.78, 5) is 11.9. The van der Waals surface area contributed by atoms with Crippen LogP contribution in [0.3, 0.4) is 0 Å². The average Bonchev–Trinajstić information content (AvgIpc) is 2.68. The normalized spacial score (nSPS) is 23.9. The van der Waals surface area contributed by atoms with Crippen molar-refractivity contribution in [2.24, 2.45) is 5.73 Å². The number of hydrogen-bond acceptors (Lipinski definition) is 3. The van der Waals surface area contributed by atoms with Crippen molar-refractivity contribution in [3.8, 4) is 0 Å². The van der Waals surface area contributed by atoms with E-state index in [-0.39, 0.29) is 18.3 Å². The summed E-state index contributed by atoms with van der Waals surface area (Å²) in [6.45, 7) is 1.97. The largest absolute Gasteiger partial charge is 0.349 e. The van der Waals surface area contributed by atoms with Crippen molar-refractivity contribution >= 4 is 29.7 Å². The molecule has 0 atom stereocenters. The molecule has 1 amide bonds. The Morgan fingerprint density at radius 1 is 1.35 bits per heavy atom. The van der Waals surface area contributed by atoms with Crippen LogP contribution in [0.1, 0.15) is 41.6 Å². The molecule has 0 bridgehead atoms. The van der Waals surface area contributed by atoms with E-state index in [0.29, 0.717) is 12.1 Å². The molecule has 0 saturated heterocycles. The molecule has 1 fully saturated rings. The molecule has 1 aromatic heterocycles.